The standard InChI is InChI=1S/C22H31BO2/c1-8-20(23-24-21(4,5)22(6,7)25-23)19-12-11-17-13-16(15(2)3)9-10-18(17)14-19/h9-15,20H,8H2,1-7H3. The van der Waals surface area contributed by atoms with E-state index >= 15 is 0 Å². The number of rotatable bonds is 4. The molecule has 0 bridgehead atoms. The van der Waals surface area contributed by atoms with Crippen molar-refractivity contribution in [1.29, 1.82) is 0 Å². The molecule has 1 unspecified atom stereocenters. The van der Waals surface area contributed by atoms with Gasteiger partial charge in [0.2, 0.25) is 0 Å². The topological polar surface area (TPSA) is 18.5 Å². The molecular formula is C22H31BO2. The molecule has 0 amide bonds. The summed E-state index contributed by atoms with van der Waals surface area (Å²) in [5.41, 5.74) is 2.12. The van der Waals surface area contributed by atoms with E-state index in [0.717, 1.165) is 6.42 Å². The van der Waals surface area contributed by atoms with Crippen molar-refractivity contribution in [3.8, 4) is 0 Å². The van der Waals surface area contributed by atoms with Crippen molar-refractivity contribution >= 4 is 17.9 Å². The van der Waals surface area contributed by atoms with Gasteiger partial charge in [0.25, 0.3) is 0 Å². The largest absolute Gasteiger partial charge is 0.465 e. The number of benzene rings is 2. The maximum absolute atomic E-state index is 6.31. The van der Waals surface area contributed by atoms with E-state index < -0.39 is 0 Å². The summed E-state index contributed by atoms with van der Waals surface area (Å²) in [6.45, 7) is 15.2. The molecule has 3 heteroatoms. The zero-order valence-corrected chi connectivity index (χ0v) is 16.7. The summed E-state index contributed by atoms with van der Waals surface area (Å²) < 4.78 is 12.6. The van der Waals surface area contributed by atoms with Crippen molar-refractivity contribution < 1.29 is 9.31 Å². The zero-order chi connectivity index (χ0) is 18.4. The Hall–Kier alpha value is -1.32. The van der Waals surface area contributed by atoms with Crippen molar-refractivity contribution in [2.45, 2.75) is 77.8 Å². The minimum Gasteiger partial charge on any atom is -0.403 e. The lowest BCUT2D eigenvalue weighted by atomic mass is 9.66. The summed E-state index contributed by atoms with van der Waals surface area (Å²) in [6.07, 6.45) is 0.992. The third kappa shape index (κ3) is 3.37. The maximum Gasteiger partial charge on any atom is 0.465 e. The van der Waals surface area contributed by atoms with E-state index in [4.69, 9.17) is 9.31 Å². The molecule has 134 valence electrons. The van der Waals surface area contributed by atoms with Gasteiger partial charge in [-0.05, 0) is 55.5 Å². The summed E-state index contributed by atoms with van der Waals surface area (Å²) in [4.78, 5) is 0. The van der Waals surface area contributed by atoms with Crippen molar-refractivity contribution in [2.24, 2.45) is 0 Å². The van der Waals surface area contributed by atoms with Crippen molar-refractivity contribution in [3.05, 3.63) is 47.5 Å². The van der Waals surface area contributed by atoms with Gasteiger partial charge in [-0.2, -0.15) is 0 Å². The lowest BCUT2D eigenvalue weighted by Crippen LogP contribution is -2.41. The maximum atomic E-state index is 6.31. The Morgan fingerprint density at radius 1 is 0.840 bits per heavy atom. The highest BCUT2D eigenvalue weighted by Gasteiger charge is 2.53. The fourth-order valence-electron chi connectivity index (χ4n) is 3.51. The van der Waals surface area contributed by atoms with Crippen molar-refractivity contribution in [2.75, 3.05) is 0 Å². The number of fused-ring (bicyclic) bond motifs is 1. The van der Waals surface area contributed by atoms with E-state index in [2.05, 4.69) is 84.9 Å². The molecule has 1 aliphatic heterocycles. The molecule has 1 atom stereocenters. The average Bonchev–Trinajstić information content (AvgIpc) is 2.75. The second-order valence-corrected chi connectivity index (χ2v) is 8.66. The fraction of sp³-hybridized carbons (Fsp3) is 0.545. The number of hydrogen-bond donors (Lipinski definition) is 0. The Kier molecular flexibility index (Phi) is 4.76. The van der Waals surface area contributed by atoms with Crippen LogP contribution in [0.25, 0.3) is 10.8 Å². The fourth-order valence-corrected chi connectivity index (χ4v) is 3.51. The molecule has 3 rings (SSSR count). The summed E-state index contributed by atoms with van der Waals surface area (Å²) in [7, 11) is -0.192. The van der Waals surface area contributed by atoms with Crippen LogP contribution in [0.3, 0.4) is 0 Å². The quantitative estimate of drug-likeness (QED) is 0.628. The molecule has 0 N–H and O–H groups in total. The zero-order valence-electron chi connectivity index (χ0n) is 16.7. The van der Waals surface area contributed by atoms with Crippen molar-refractivity contribution in [1.82, 2.24) is 0 Å². The lowest BCUT2D eigenvalue weighted by molar-refractivity contribution is 0.00578. The van der Waals surface area contributed by atoms with Gasteiger partial charge in [0.15, 0.2) is 0 Å². The highest BCUT2D eigenvalue weighted by atomic mass is 16.7. The normalized spacial score (nSPS) is 20.4. The van der Waals surface area contributed by atoms with Crippen LogP contribution in [0.4, 0.5) is 0 Å². The second-order valence-electron chi connectivity index (χ2n) is 8.66. The van der Waals surface area contributed by atoms with Gasteiger partial charge in [0.05, 0.1) is 11.2 Å². The van der Waals surface area contributed by atoms with Gasteiger partial charge in [-0.3, -0.25) is 0 Å². The molecule has 1 aliphatic rings. The second kappa shape index (κ2) is 6.44. The van der Waals surface area contributed by atoms with E-state index in [1.165, 1.54) is 21.9 Å². The molecule has 2 nitrogen and oxygen atoms in total. The first-order valence-electron chi connectivity index (χ1n) is 9.54. The molecule has 0 aliphatic carbocycles. The van der Waals surface area contributed by atoms with E-state index in [1.807, 2.05) is 0 Å². The Morgan fingerprint density at radius 2 is 1.32 bits per heavy atom. The predicted molar refractivity (Wildman–Crippen MR) is 107 cm³/mol. The first kappa shape index (κ1) is 18.5. The van der Waals surface area contributed by atoms with Gasteiger partial charge in [-0.25, -0.2) is 0 Å². The highest BCUT2D eigenvalue weighted by Crippen LogP contribution is 2.42. The summed E-state index contributed by atoms with van der Waals surface area (Å²) in [5.74, 6) is 0.799. The average molecular weight is 338 g/mol. The Morgan fingerprint density at radius 3 is 1.80 bits per heavy atom. The minimum absolute atomic E-state index is 0.192. The van der Waals surface area contributed by atoms with Crippen molar-refractivity contribution in [3.63, 3.8) is 0 Å². The van der Waals surface area contributed by atoms with E-state index in [9.17, 15) is 0 Å². The highest BCUT2D eigenvalue weighted by molar-refractivity contribution is 6.47. The molecule has 0 spiro atoms. The van der Waals surface area contributed by atoms with Gasteiger partial charge in [-0.1, -0.05) is 63.6 Å². The first-order chi connectivity index (χ1) is 11.6. The van der Waals surface area contributed by atoms with Gasteiger partial charge >= 0.3 is 7.12 Å². The predicted octanol–water partition coefficient (Wildman–Crippen LogP) is 6.09. The Balaban J connectivity index is 1.93. The summed E-state index contributed by atoms with van der Waals surface area (Å²) >= 11 is 0. The molecule has 0 radical (unpaired) electrons. The Bertz CT molecular complexity index is 748. The van der Waals surface area contributed by atoms with E-state index in [0.29, 0.717) is 5.92 Å². The third-order valence-corrected chi connectivity index (χ3v) is 6.02. The molecule has 1 saturated heterocycles. The molecule has 0 saturated carbocycles. The summed E-state index contributed by atoms with van der Waals surface area (Å²) in [5, 5.41) is 2.59. The Labute approximate surface area is 153 Å². The van der Waals surface area contributed by atoms with Crippen LogP contribution >= 0.6 is 0 Å². The number of hydrogen-bond acceptors (Lipinski definition) is 2. The molecule has 25 heavy (non-hydrogen) atoms. The van der Waals surface area contributed by atoms with Crippen LogP contribution in [0.2, 0.25) is 0 Å². The SMILES string of the molecule is CCC(B1OC(C)(C)C(C)(C)O1)c1ccc2cc(C(C)C)ccc2c1. The van der Waals surface area contributed by atoms with Crippen LogP contribution in [0.15, 0.2) is 36.4 Å². The van der Waals surface area contributed by atoms with Gasteiger partial charge in [0.1, 0.15) is 0 Å². The van der Waals surface area contributed by atoms with Crippen LogP contribution in [-0.4, -0.2) is 18.3 Å². The smallest absolute Gasteiger partial charge is 0.403 e. The van der Waals surface area contributed by atoms with Gasteiger partial charge in [-0.15, -0.1) is 0 Å². The molecule has 0 aromatic heterocycles. The van der Waals surface area contributed by atoms with Crippen LogP contribution in [0.5, 0.6) is 0 Å². The van der Waals surface area contributed by atoms with Crippen LogP contribution in [0, 0.1) is 0 Å². The van der Waals surface area contributed by atoms with Gasteiger partial charge < -0.3 is 9.31 Å². The minimum atomic E-state index is -0.284. The van der Waals surface area contributed by atoms with Crippen LogP contribution in [0.1, 0.15) is 77.7 Å². The molecule has 1 fully saturated rings. The van der Waals surface area contributed by atoms with Crippen LogP contribution < -0.4 is 0 Å². The lowest BCUT2D eigenvalue weighted by Gasteiger charge is -2.32. The molecule has 2 aromatic rings. The summed E-state index contributed by atoms with van der Waals surface area (Å²) in [6, 6.07) is 13.6. The molecular weight excluding hydrogens is 307 g/mol. The van der Waals surface area contributed by atoms with E-state index in [1.54, 1.807) is 0 Å². The molecule has 2 aromatic carbocycles. The third-order valence-electron chi connectivity index (χ3n) is 6.02. The first-order valence-corrected chi connectivity index (χ1v) is 9.54. The van der Waals surface area contributed by atoms with E-state index in [-0.39, 0.29) is 24.1 Å². The molecule has 1 heterocycles. The monoisotopic (exact) mass is 338 g/mol. The van der Waals surface area contributed by atoms with Gasteiger partial charge in [0, 0.05) is 5.82 Å². The van der Waals surface area contributed by atoms with Crippen LogP contribution in [-0.2, 0) is 9.31 Å².